The van der Waals surface area contributed by atoms with E-state index < -0.39 is 0 Å². The van der Waals surface area contributed by atoms with Crippen molar-refractivity contribution in [1.82, 2.24) is 0 Å². The molecule has 0 radical (unpaired) electrons. The van der Waals surface area contributed by atoms with Crippen molar-refractivity contribution in [2.24, 2.45) is 0 Å². The lowest BCUT2D eigenvalue weighted by molar-refractivity contribution is 0.103. The van der Waals surface area contributed by atoms with E-state index in [-0.39, 0.29) is 12.4 Å². The molecule has 0 saturated carbocycles. The second kappa shape index (κ2) is 6.16. The second-order valence-corrected chi connectivity index (χ2v) is 4.23. The molecule has 0 unspecified atom stereocenters. The molecule has 2 aromatic rings. The van der Waals surface area contributed by atoms with E-state index in [9.17, 15) is 4.79 Å². The van der Waals surface area contributed by atoms with Gasteiger partial charge in [-0.3, -0.25) is 4.79 Å². The van der Waals surface area contributed by atoms with Crippen LogP contribution in [0.15, 0.2) is 48.5 Å². The third kappa shape index (κ3) is 3.20. The third-order valence-corrected chi connectivity index (χ3v) is 2.95. The monoisotopic (exact) mass is 256 g/mol. The molecule has 3 nitrogen and oxygen atoms in total. The van der Waals surface area contributed by atoms with E-state index in [1.165, 1.54) is 0 Å². The van der Waals surface area contributed by atoms with Gasteiger partial charge < -0.3 is 9.84 Å². The Morgan fingerprint density at radius 3 is 2.47 bits per heavy atom. The normalized spacial score (nSPS) is 10.2. The summed E-state index contributed by atoms with van der Waals surface area (Å²) in [6, 6.07) is 14.4. The Balaban J connectivity index is 2.22. The van der Waals surface area contributed by atoms with Crippen LogP contribution in [0.1, 0.15) is 21.5 Å². The molecule has 1 N–H and O–H groups in total. The van der Waals surface area contributed by atoms with Crippen molar-refractivity contribution in [3.8, 4) is 5.75 Å². The van der Waals surface area contributed by atoms with Crippen molar-refractivity contribution >= 4 is 5.78 Å². The number of rotatable bonds is 5. The number of benzene rings is 2. The van der Waals surface area contributed by atoms with E-state index in [0.29, 0.717) is 23.3 Å². The van der Waals surface area contributed by atoms with Crippen molar-refractivity contribution in [3.63, 3.8) is 0 Å². The van der Waals surface area contributed by atoms with Crippen LogP contribution in [0.2, 0.25) is 0 Å². The number of methoxy groups -OCH3 is 1. The van der Waals surface area contributed by atoms with Crippen LogP contribution in [0.25, 0.3) is 0 Å². The van der Waals surface area contributed by atoms with Gasteiger partial charge in [-0.25, -0.2) is 0 Å². The summed E-state index contributed by atoms with van der Waals surface area (Å²) in [5, 5.41) is 8.85. The van der Waals surface area contributed by atoms with Gasteiger partial charge in [0.15, 0.2) is 5.78 Å². The Kier molecular flexibility index (Phi) is 4.31. The summed E-state index contributed by atoms with van der Waals surface area (Å²) in [6.07, 6.45) is 0.605. The molecule has 0 bridgehead atoms. The Hall–Kier alpha value is -2.13. The minimum absolute atomic E-state index is 0.0329. The molecule has 98 valence electrons. The predicted octanol–water partition coefficient (Wildman–Crippen LogP) is 2.46. The first-order chi connectivity index (χ1) is 9.24. The summed E-state index contributed by atoms with van der Waals surface area (Å²) in [5.41, 5.74) is 2.26. The van der Waals surface area contributed by atoms with Gasteiger partial charge >= 0.3 is 0 Å². The Morgan fingerprint density at radius 1 is 1.11 bits per heavy atom. The topological polar surface area (TPSA) is 46.5 Å². The van der Waals surface area contributed by atoms with Crippen molar-refractivity contribution in [3.05, 3.63) is 65.2 Å². The predicted molar refractivity (Wildman–Crippen MR) is 73.7 cm³/mol. The molecule has 2 rings (SSSR count). The number of carbonyl (C=O) groups is 1. The summed E-state index contributed by atoms with van der Waals surface area (Å²) in [7, 11) is 1.58. The Bertz CT molecular complexity index is 558. The first-order valence-electron chi connectivity index (χ1n) is 6.13. The molecule has 19 heavy (non-hydrogen) atoms. The highest BCUT2D eigenvalue weighted by Crippen LogP contribution is 2.16. The third-order valence-electron chi connectivity index (χ3n) is 2.95. The van der Waals surface area contributed by atoms with Gasteiger partial charge in [0.1, 0.15) is 5.75 Å². The molecule has 3 heteroatoms. The van der Waals surface area contributed by atoms with Crippen molar-refractivity contribution in [1.29, 1.82) is 0 Å². The van der Waals surface area contributed by atoms with Gasteiger partial charge in [-0.15, -0.1) is 0 Å². The number of ketones is 1. The molecule has 0 saturated heterocycles. The highest BCUT2D eigenvalue weighted by Gasteiger charge is 2.09. The smallest absolute Gasteiger partial charge is 0.193 e. The average Bonchev–Trinajstić information content (AvgIpc) is 2.48. The molecule has 0 aliphatic rings. The molecule has 2 aromatic carbocycles. The molecule has 0 spiro atoms. The zero-order valence-electron chi connectivity index (χ0n) is 10.8. The molecular weight excluding hydrogens is 240 g/mol. The first kappa shape index (κ1) is 13.3. The molecule has 0 heterocycles. The molecule has 0 atom stereocenters. The fourth-order valence-corrected chi connectivity index (χ4v) is 1.88. The Morgan fingerprint density at radius 2 is 1.84 bits per heavy atom. The van der Waals surface area contributed by atoms with Crippen molar-refractivity contribution in [2.75, 3.05) is 13.7 Å². The summed E-state index contributed by atoms with van der Waals surface area (Å²) in [4.78, 5) is 12.3. The molecule has 0 aromatic heterocycles. The number of ether oxygens (including phenoxy) is 1. The van der Waals surface area contributed by atoms with Crippen LogP contribution in [0.3, 0.4) is 0 Å². The number of aliphatic hydroxyl groups excluding tert-OH is 1. The van der Waals surface area contributed by atoms with E-state index in [4.69, 9.17) is 9.84 Å². The summed E-state index contributed by atoms with van der Waals surface area (Å²) >= 11 is 0. The van der Waals surface area contributed by atoms with Gasteiger partial charge in [-0.2, -0.15) is 0 Å². The van der Waals surface area contributed by atoms with Crippen LogP contribution in [0, 0.1) is 0 Å². The zero-order valence-corrected chi connectivity index (χ0v) is 10.8. The van der Waals surface area contributed by atoms with Gasteiger partial charge in [0, 0.05) is 17.7 Å². The van der Waals surface area contributed by atoms with E-state index in [1.54, 1.807) is 43.5 Å². The van der Waals surface area contributed by atoms with Crippen molar-refractivity contribution < 1.29 is 14.6 Å². The van der Waals surface area contributed by atoms with E-state index in [0.717, 1.165) is 5.56 Å². The zero-order chi connectivity index (χ0) is 13.7. The highest BCUT2D eigenvalue weighted by molar-refractivity contribution is 6.09. The Labute approximate surface area is 112 Å². The van der Waals surface area contributed by atoms with Gasteiger partial charge in [-0.05, 0) is 24.1 Å². The van der Waals surface area contributed by atoms with Crippen LogP contribution >= 0.6 is 0 Å². The largest absolute Gasteiger partial charge is 0.497 e. The maximum atomic E-state index is 12.3. The van der Waals surface area contributed by atoms with E-state index >= 15 is 0 Å². The fraction of sp³-hybridized carbons (Fsp3) is 0.188. The van der Waals surface area contributed by atoms with Gasteiger partial charge in [0.05, 0.1) is 7.11 Å². The van der Waals surface area contributed by atoms with Crippen molar-refractivity contribution in [2.45, 2.75) is 6.42 Å². The second-order valence-electron chi connectivity index (χ2n) is 4.23. The SMILES string of the molecule is COc1cccc(C(=O)c2ccc(CCO)cc2)c1. The van der Waals surface area contributed by atoms with Crippen LogP contribution in [-0.4, -0.2) is 24.6 Å². The highest BCUT2D eigenvalue weighted by atomic mass is 16.5. The van der Waals surface area contributed by atoms with Gasteiger partial charge in [0.25, 0.3) is 0 Å². The van der Waals surface area contributed by atoms with Crippen LogP contribution < -0.4 is 4.74 Å². The quantitative estimate of drug-likeness (QED) is 0.836. The molecule has 0 fully saturated rings. The summed E-state index contributed by atoms with van der Waals surface area (Å²) in [5.74, 6) is 0.636. The van der Waals surface area contributed by atoms with Crippen LogP contribution in [-0.2, 0) is 6.42 Å². The standard InChI is InChI=1S/C16H16O3/c1-19-15-4-2-3-14(11-15)16(18)13-7-5-12(6-8-13)9-10-17/h2-8,11,17H,9-10H2,1H3. The number of aliphatic hydroxyl groups is 1. The molecular formula is C16H16O3. The molecule has 0 aliphatic heterocycles. The van der Waals surface area contributed by atoms with Gasteiger partial charge in [0.2, 0.25) is 0 Å². The maximum Gasteiger partial charge on any atom is 0.193 e. The van der Waals surface area contributed by atoms with Gasteiger partial charge in [-0.1, -0.05) is 36.4 Å². The number of hydrogen-bond acceptors (Lipinski definition) is 3. The maximum absolute atomic E-state index is 12.3. The summed E-state index contributed by atoms with van der Waals surface area (Å²) < 4.78 is 5.11. The summed E-state index contributed by atoms with van der Waals surface area (Å²) in [6.45, 7) is 0.114. The van der Waals surface area contributed by atoms with Crippen LogP contribution in [0.5, 0.6) is 5.75 Å². The first-order valence-corrected chi connectivity index (χ1v) is 6.13. The lowest BCUT2D eigenvalue weighted by atomic mass is 10.0. The van der Waals surface area contributed by atoms with E-state index in [1.807, 2.05) is 12.1 Å². The number of carbonyl (C=O) groups excluding carboxylic acids is 1. The lowest BCUT2D eigenvalue weighted by Crippen LogP contribution is -2.02. The van der Waals surface area contributed by atoms with Crippen LogP contribution in [0.4, 0.5) is 0 Å². The lowest BCUT2D eigenvalue weighted by Gasteiger charge is -2.05. The minimum atomic E-state index is -0.0329. The molecule has 0 aliphatic carbocycles. The fourth-order valence-electron chi connectivity index (χ4n) is 1.88. The molecule has 0 amide bonds. The van der Waals surface area contributed by atoms with E-state index in [2.05, 4.69) is 0 Å². The number of hydrogen-bond donors (Lipinski definition) is 1. The average molecular weight is 256 g/mol. The minimum Gasteiger partial charge on any atom is -0.497 e.